The van der Waals surface area contributed by atoms with Gasteiger partial charge in [-0.25, -0.2) is 0 Å². The topological polar surface area (TPSA) is 35.5 Å². The molecule has 0 aromatic rings. The Kier molecular flexibility index (Phi) is 5.98. The fraction of sp³-hybridized carbons (Fsp3) is 0.550. The molecule has 0 N–H and O–H groups in total. The molecule has 0 saturated carbocycles. The summed E-state index contributed by atoms with van der Waals surface area (Å²) in [7, 11) is 0. The highest BCUT2D eigenvalue weighted by molar-refractivity contribution is 5.97. The minimum absolute atomic E-state index is 0.00857. The van der Waals surface area contributed by atoms with Crippen molar-refractivity contribution in [2.24, 2.45) is 5.92 Å². The van der Waals surface area contributed by atoms with Crippen molar-refractivity contribution < 1.29 is 14.3 Å². The van der Waals surface area contributed by atoms with Crippen LogP contribution in [0.2, 0.25) is 0 Å². The largest absolute Gasteiger partial charge is 0.344 e. The predicted octanol–water partition coefficient (Wildman–Crippen LogP) is 3.96. The number of carbonyl (C=O) groups is 1. The lowest BCUT2D eigenvalue weighted by molar-refractivity contribution is -0.117. The van der Waals surface area contributed by atoms with E-state index in [1.807, 2.05) is 32.9 Å². The summed E-state index contributed by atoms with van der Waals surface area (Å²) in [6.07, 6.45) is 8.70. The van der Waals surface area contributed by atoms with Crippen molar-refractivity contribution in [3.8, 4) is 11.8 Å². The molecule has 23 heavy (non-hydrogen) atoms. The van der Waals surface area contributed by atoms with Gasteiger partial charge >= 0.3 is 0 Å². The number of Topliss-reactive ketones (excluding diaryl/α,β-unsaturated/α-hetero) is 1. The van der Waals surface area contributed by atoms with Gasteiger partial charge in [0.1, 0.15) is 0 Å². The van der Waals surface area contributed by atoms with Crippen LogP contribution in [0.3, 0.4) is 0 Å². The van der Waals surface area contributed by atoms with Gasteiger partial charge in [-0.3, -0.25) is 4.79 Å². The first-order valence-electron chi connectivity index (χ1n) is 8.38. The second-order valence-electron chi connectivity index (χ2n) is 6.31. The highest BCUT2D eigenvalue weighted by Crippen LogP contribution is 2.34. The number of carbonyl (C=O) groups excluding carboxylic acids is 1. The Hall–Kier alpha value is -1.63. The highest BCUT2D eigenvalue weighted by atomic mass is 16.7. The van der Waals surface area contributed by atoms with Gasteiger partial charge in [0, 0.05) is 11.5 Å². The normalized spacial score (nSPS) is 21.3. The molecule has 3 heteroatoms. The molecule has 124 valence electrons. The molecule has 1 atom stereocenters. The number of ketones is 1. The molecule has 1 saturated heterocycles. The third-order valence-electron chi connectivity index (χ3n) is 4.35. The molecular formula is C20H26O3. The van der Waals surface area contributed by atoms with Crippen molar-refractivity contribution in [1.29, 1.82) is 0 Å². The Morgan fingerprint density at radius 1 is 1.39 bits per heavy atom. The zero-order valence-corrected chi connectivity index (χ0v) is 14.6. The van der Waals surface area contributed by atoms with Gasteiger partial charge in [0.05, 0.1) is 13.2 Å². The number of hydrogen-bond acceptors (Lipinski definition) is 3. The van der Waals surface area contributed by atoms with E-state index in [-0.39, 0.29) is 11.7 Å². The zero-order valence-electron chi connectivity index (χ0n) is 14.6. The molecule has 0 aromatic carbocycles. The van der Waals surface area contributed by atoms with Crippen LogP contribution >= 0.6 is 0 Å². The van der Waals surface area contributed by atoms with Crippen LogP contribution in [0.15, 0.2) is 34.9 Å². The molecule has 1 aliphatic heterocycles. The van der Waals surface area contributed by atoms with Gasteiger partial charge in [-0.05, 0) is 49.8 Å². The molecule has 0 amide bonds. The van der Waals surface area contributed by atoms with Crippen LogP contribution in [0.5, 0.6) is 0 Å². The van der Waals surface area contributed by atoms with Crippen LogP contribution in [-0.4, -0.2) is 24.8 Å². The summed E-state index contributed by atoms with van der Waals surface area (Å²) in [5.41, 5.74) is 3.07. The van der Waals surface area contributed by atoms with E-state index in [2.05, 4.69) is 24.8 Å². The standard InChI is InChI=1S/C20H26O3/c1-5-7-15(2)19(21)11-10-17-8-6-9-18(16(3)14-17)20(4)22-12-13-23-20/h6,8,14-15H,5,7,9,12-13H2,1-4H3. The van der Waals surface area contributed by atoms with Gasteiger partial charge < -0.3 is 9.47 Å². The minimum atomic E-state index is -0.640. The second-order valence-corrected chi connectivity index (χ2v) is 6.31. The van der Waals surface area contributed by atoms with Crippen molar-refractivity contribution in [2.75, 3.05) is 13.2 Å². The van der Waals surface area contributed by atoms with Gasteiger partial charge in [0.15, 0.2) is 5.79 Å². The van der Waals surface area contributed by atoms with Gasteiger partial charge in [0.25, 0.3) is 0 Å². The summed E-state index contributed by atoms with van der Waals surface area (Å²) in [4.78, 5) is 12.0. The summed E-state index contributed by atoms with van der Waals surface area (Å²) in [5, 5.41) is 0. The molecule has 0 bridgehead atoms. The molecule has 0 radical (unpaired) electrons. The van der Waals surface area contributed by atoms with Crippen molar-refractivity contribution in [2.45, 2.75) is 52.7 Å². The van der Waals surface area contributed by atoms with Crippen molar-refractivity contribution in [1.82, 2.24) is 0 Å². The van der Waals surface area contributed by atoms with Crippen molar-refractivity contribution in [3.63, 3.8) is 0 Å². The monoisotopic (exact) mass is 314 g/mol. The summed E-state index contributed by atoms with van der Waals surface area (Å²) in [6, 6.07) is 0. The molecule has 2 aliphatic rings. The Balaban J connectivity index is 2.19. The van der Waals surface area contributed by atoms with Gasteiger partial charge in [-0.2, -0.15) is 0 Å². The lowest BCUT2D eigenvalue weighted by Gasteiger charge is -2.26. The Bertz CT molecular complexity index is 605. The number of ether oxygens (including phenoxy) is 2. The van der Waals surface area contributed by atoms with Crippen molar-refractivity contribution >= 4 is 5.78 Å². The quantitative estimate of drug-likeness (QED) is 0.582. The van der Waals surface area contributed by atoms with Gasteiger partial charge in [-0.1, -0.05) is 38.3 Å². The molecule has 1 heterocycles. The maximum absolute atomic E-state index is 12.0. The van der Waals surface area contributed by atoms with Crippen LogP contribution in [0.25, 0.3) is 0 Å². The fourth-order valence-corrected chi connectivity index (χ4v) is 2.96. The third-order valence-corrected chi connectivity index (χ3v) is 4.35. The van der Waals surface area contributed by atoms with E-state index in [9.17, 15) is 4.79 Å². The predicted molar refractivity (Wildman–Crippen MR) is 91.7 cm³/mol. The van der Waals surface area contributed by atoms with E-state index in [4.69, 9.17) is 9.47 Å². The maximum Gasteiger partial charge on any atom is 0.208 e. The molecule has 1 fully saturated rings. The molecule has 1 aliphatic carbocycles. The average Bonchev–Trinajstić information content (AvgIpc) is 2.86. The number of allylic oxidation sites excluding steroid dienone is 5. The first-order chi connectivity index (χ1) is 11.0. The Morgan fingerprint density at radius 2 is 2.09 bits per heavy atom. The highest BCUT2D eigenvalue weighted by Gasteiger charge is 2.35. The Morgan fingerprint density at radius 3 is 2.74 bits per heavy atom. The minimum Gasteiger partial charge on any atom is -0.344 e. The first kappa shape index (κ1) is 17.7. The van der Waals surface area contributed by atoms with Crippen LogP contribution < -0.4 is 0 Å². The third kappa shape index (κ3) is 4.43. The van der Waals surface area contributed by atoms with Crippen LogP contribution in [-0.2, 0) is 14.3 Å². The average molecular weight is 314 g/mol. The van der Waals surface area contributed by atoms with Gasteiger partial charge in [0.2, 0.25) is 5.78 Å². The summed E-state index contributed by atoms with van der Waals surface area (Å²) in [5.74, 6) is 5.18. The Labute approximate surface area is 139 Å². The van der Waals surface area contributed by atoms with E-state index in [0.717, 1.165) is 36.0 Å². The second kappa shape index (κ2) is 7.77. The molecular weight excluding hydrogens is 288 g/mol. The van der Waals surface area contributed by atoms with E-state index in [1.165, 1.54) is 0 Å². The van der Waals surface area contributed by atoms with Crippen LogP contribution in [0.1, 0.15) is 47.0 Å². The SMILES string of the molecule is CCCC(C)C(=O)C#CC1=CC(C)=C(C2(C)OCCO2)CC=C1. The first-order valence-corrected chi connectivity index (χ1v) is 8.38. The van der Waals surface area contributed by atoms with Crippen LogP contribution in [0.4, 0.5) is 0 Å². The molecule has 0 spiro atoms. The molecule has 1 unspecified atom stereocenters. The molecule has 0 aromatic heterocycles. The molecule has 2 rings (SSSR count). The lowest BCUT2D eigenvalue weighted by Crippen LogP contribution is -2.29. The summed E-state index contributed by atoms with van der Waals surface area (Å²) < 4.78 is 11.5. The zero-order chi connectivity index (χ0) is 16.9. The van der Waals surface area contributed by atoms with E-state index in [0.29, 0.717) is 13.2 Å². The summed E-state index contributed by atoms with van der Waals surface area (Å²) >= 11 is 0. The van der Waals surface area contributed by atoms with E-state index in [1.54, 1.807) is 0 Å². The van der Waals surface area contributed by atoms with Gasteiger partial charge in [-0.15, -0.1) is 0 Å². The van der Waals surface area contributed by atoms with E-state index < -0.39 is 5.79 Å². The van der Waals surface area contributed by atoms with Crippen LogP contribution in [0, 0.1) is 17.8 Å². The molecule has 3 nitrogen and oxygen atoms in total. The summed E-state index contributed by atoms with van der Waals surface area (Å²) in [6.45, 7) is 9.28. The van der Waals surface area contributed by atoms with Crippen molar-refractivity contribution in [3.05, 3.63) is 34.9 Å². The number of hydrogen-bond donors (Lipinski definition) is 0. The van der Waals surface area contributed by atoms with E-state index >= 15 is 0 Å². The lowest BCUT2D eigenvalue weighted by atomic mass is 9.98. The smallest absolute Gasteiger partial charge is 0.208 e. The maximum atomic E-state index is 12.0. The fourth-order valence-electron chi connectivity index (χ4n) is 2.96. The number of rotatable bonds is 4.